The molecule has 1 aromatic heterocycles. The van der Waals surface area contributed by atoms with Crippen molar-refractivity contribution in [3.05, 3.63) is 29.3 Å². The number of rotatable bonds is 2. The number of allylic oxidation sites excluding steroid dienone is 1. The van der Waals surface area contributed by atoms with Crippen molar-refractivity contribution < 1.29 is 9.15 Å². The lowest BCUT2D eigenvalue weighted by Crippen LogP contribution is -2.26. The molecule has 2 rings (SSSR count). The summed E-state index contributed by atoms with van der Waals surface area (Å²) in [4.78, 5) is 4.39. The lowest BCUT2D eigenvalue weighted by Gasteiger charge is -2.22. The molecule has 0 saturated carbocycles. The van der Waals surface area contributed by atoms with Gasteiger partial charge >= 0.3 is 0 Å². The SMILES string of the molecule is C=C/C=c1/nc(C2COC2)o/c1=C/C. The standard InChI is InChI=1S/C11H13NO2/c1-3-5-9-10(4-2)14-11(12-9)8-6-13-7-8/h3-5,8H,1,6-7H2,2H3/b9-5+,10-4+. The fraction of sp³-hybridized carbons (Fsp3) is 0.364. The Hall–Kier alpha value is -1.35. The highest BCUT2D eigenvalue weighted by Gasteiger charge is 2.25. The van der Waals surface area contributed by atoms with E-state index in [-0.39, 0.29) is 0 Å². The van der Waals surface area contributed by atoms with Gasteiger partial charge in [-0.25, -0.2) is 4.98 Å². The van der Waals surface area contributed by atoms with Crippen LogP contribution in [0.25, 0.3) is 12.2 Å². The normalized spacial score (nSPS) is 19.8. The number of nitrogens with zero attached hydrogens (tertiary/aromatic N) is 1. The smallest absolute Gasteiger partial charge is 0.203 e. The van der Waals surface area contributed by atoms with Crippen LogP contribution in [0, 0.1) is 0 Å². The Morgan fingerprint density at radius 3 is 2.79 bits per heavy atom. The molecule has 0 amide bonds. The van der Waals surface area contributed by atoms with Crippen LogP contribution in [0.2, 0.25) is 0 Å². The number of hydrogen-bond donors (Lipinski definition) is 0. The summed E-state index contributed by atoms with van der Waals surface area (Å²) in [6.45, 7) is 7.02. The minimum atomic E-state index is 0.334. The van der Waals surface area contributed by atoms with Crippen molar-refractivity contribution in [2.45, 2.75) is 12.8 Å². The summed E-state index contributed by atoms with van der Waals surface area (Å²) >= 11 is 0. The van der Waals surface area contributed by atoms with Crippen molar-refractivity contribution in [1.29, 1.82) is 0 Å². The van der Waals surface area contributed by atoms with Crippen LogP contribution in [0.3, 0.4) is 0 Å². The molecule has 1 aliphatic rings. The average Bonchev–Trinajstić information content (AvgIpc) is 2.46. The zero-order valence-corrected chi connectivity index (χ0v) is 8.19. The summed E-state index contributed by atoms with van der Waals surface area (Å²) in [5, 5.41) is 0.851. The maximum absolute atomic E-state index is 5.59. The first-order valence-corrected chi connectivity index (χ1v) is 4.68. The molecule has 3 nitrogen and oxygen atoms in total. The highest BCUT2D eigenvalue weighted by atomic mass is 16.5. The Balaban J connectivity index is 2.46. The third-order valence-electron chi connectivity index (χ3n) is 2.22. The fourth-order valence-corrected chi connectivity index (χ4v) is 1.35. The van der Waals surface area contributed by atoms with Crippen molar-refractivity contribution >= 4 is 12.2 Å². The average molecular weight is 191 g/mol. The monoisotopic (exact) mass is 191 g/mol. The second-order valence-electron chi connectivity index (χ2n) is 3.23. The molecule has 74 valence electrons. The van der Waals surface area contributed by atoms with Gasteiger partial charge in [-0.15, -0.1) is 0 Å². The van der Waals surface area contributed by atoms with E-state index in [0.29, 0.717) is 5.92 Å². The predicted octanol–water partition coefficient (Wildman–Crippen LogP) is 0.555. The minimum Gasteiger partial charge on any atom is -0.441 e. The van der Waals surface area contributed by atoms with Gasteiger partial charge in [0.2, 0.25) is 5.89 Å². The van der Waals surface area contributed by atoms with E-state index in [1.807, 2.05) is 19.1 Å². The van der Waals surface area contributed by atoms with Crippen LogP contribution in [0.4, 0.5) is 0 Å². The fourth-order valence-electron chi connectivity index (χ4n) is 1.35. The van der Waals surface area contributed by atoms with Crippen LogP contribution >= 0.6 is 0 Å². The van der Waals surface area contributed by atoms with Gasteiger partial charge in [0.25, 0.3) is 0 Å². The van der Waals surface area contributed by atoms with Gasteiger partial charge in [-0.3, -0.25) is 0 Å². The summed E-state index contributed by atoms with van der Waals surface area (Å²) in [5.41, 5.74) is 0.812. The third-order valence-corrected chi connectivity index (χ3v) is 2.22. The molecule has 0 radical (unpaired) electrons. The maximum Gasteiger partial charge on any atom is 0.203 e. The zero-order valence-electron chi connectivity index (χ0n) is 8.19. The molecule has 0 spiro atoms. The molecule has 3 heteroatoms. The minimum absolute atomic E-state index is 0.334. The summed E-state index contributed by atoms with van der Waals surface area (Å²) in [6, 6.07) is 0. The molecule has 1 fully saturated rings. The lowest BCUT2D eigenvalue weighted by atomic mass is 10.1. The van der Waals surface area contributed by atoms with Gasteiger partial charge in [-0.2, -0.15) is 0 Å². The molecular formula is C11H13NO2. The Labute approximate surface area is 82.4 Å². The molecule has 0 atom stereocenters. The highest BCUT2D eigenvalue weighted by Crippen LogP contribution is 2.19. The first kappa shape index (κ1) is 9.21. The first-order valence-electron chi connectivity index (χ1n) is 4.68. The van der Waals surface area contributed by atoms with Crippen molar-refractivity contribution in [2.24, 2.45) is 0 Å². The Morgan fingerprint density at radius 1 is 1.50 bits per heavy atom. The van der Waals surface area contributed by atoms with E-state index in [0.717, 1.165) is 29.9 Å². The molecule has 0 N–H and O–H groups in total. The van der Waals surface area contributed by atoms with Gasteiger partial charge in [-0.1, -0.05) is 12.7 Å². The van der Waals surface area contributed by atoms with E-state index in [2.05, 4.69) is 11.6 Å². The molecule has 1 aromatic rings. The predicted molar refractivity (Wildman–Crippen MR) is 54.1 cm³/mol. The van der Waals surface area contributed by atoms with Crippen molar-refractivity contribution in [3.63, 3.8) is 0 Å². The van der Waals surface area contributed by atoms with E-state index in [1.165, 1.54) is 0 Å². The zero-order chi connectivity index (χ0) is 9.97. The maximum atomic E-state index is 5.59. The number of hydrogen-bond acceptors (Lipinski definition) is 3. The number of aromatic nitrogens is 1. The summed E-state index contributed by atoms with van der Waals surface area (Å²) in [7, 11) is 0. The van der Waals surface area contributed by atoms with Gasteiger partial charge in [0.15, 0.2) is 5.42 Å². The molecule has 14 heavy (non-hydrogen) atoms. The molecule has 0 bridgehead atoms. The molecule has 2 heterocycles. The van der Waals surface area contributed by atoms with Crippen LogP contribution in [-0.4, -0.2) is 18.2 Å². The van der Waals surface area contributed by atoms with Gasteiger partial charge < -0.3 is 9.15 Å². The van der Waals surface area contributed by atoms with Crippen LogP contribution in [0.1, 0.15) is 18.7 Å². The van der Waals surface area contributed by atoms with Crippen LogP contribution < -0.4 is 10.8 Å². The topological polar surface area (TPSA) is 35.3 Å². The van der Waals surface area contributed by atoms with Gasteiger partial charge in [0, 0.05) is 0 Å². The van der Waals surface area contributed by atoms with Gasteiger partial charge in [0.1, 0.15) is 5.35 Å². The summed E-state index contributed by atoms with van der Waals surface area (Å²) in [5.74, 6) is 1.11. The Kier molecular flexibility index (Phi) is 2.50. The molecular weight excluding hydrogens is 178 g/mol. The second kappa shape index (κ2) is 3.80. The molecule has 0 aromatic carbocycles. The van der Waals surface area contributed by atoms with Crippen LogP contribution in [0.5, 0.6) is 0 Å². The van der Waals surface area contributed by atoms with Crippen LogP contribution in [-0.2, 0) is 4.74 Å². The van der Waals surface area contributed by atoms with Crippen molar-refractivity contribution in [3.8, 4) is 0 Å². The van der Waals surface area contributed by atoms with Gasteiger partial charge in [-0.05, 0) is 19.1 Å². The van der Waals surface area contributed by atoms with E-state index >= 15 is 0 Å². The highest BCUT2D eigenvalue weighted by molar-refractivity contribution is 5.33. The summed E-state index contributed by atoms with van der Waals surface area (Å²) < 4.78 is 10.7. The molecule has 0 aliphatic carbocycles. The van der Waals surface area contributed by atoms with Gasteiger partial charge in [0.05, 0.1) is 19.1 Å². The third kappa shape index (κ3) is 1.51. The van der Waals surface area contributed by atoms with Crippen molar-refractivity contribution in [1.82, 2.24) is 4.98 Å². The molecule has 1 aliphatic heterocycles. The molecule has 1 saturated heterocycles. The second-order valence-corrected chi connectivity index (χ2v) is 3.23. The van der Waals surface area contributed by atoms with E-state index in [9.17, 15) is 0 Å². The van der Waals surface area contributed by atoms with E-state index in [4.69, 9.17) is 9.15 Å². The van der Waals surface area contributed by atoms with Crippen LogP contribution in [0.15, 0.2) is 17.1 Å². The van der Waals surface area contributed by atoms with E-state index < -0.39 is 0 Å². The quantitative estimate of drug-likeness (QED) is 0.685. The number of ether oxygens (including phenoxy) is 1. The largest absolute Gasteiger partial charge is 0.441 e. The van der Waals surface area contributed by atoms with Crippen molar-refractivity contribution in [2.75, 3.05) is 13.2 Å². The first-order chi connectivity index (χ1) is 6.85. The lowest BCUT2D eigenvalue weighted by molar-refractivity contribution is -0.00273. The van der Waals surface area contributed by atoms with E-state index in [1.54, 1.807) is 6.08 Å². The summed E-state index contributed by atoms with van der Waals surface area (Å²) in [6.07, 6.45) is 5.47. The number of oxazole rings is 1. The Bertz CT molecular complexity index is 440. The Morgan fingerprint density at radius 2 is 2.29 bits per heavy atom. The molecule has 0 unspecified atom stereocenters.